The Morgan fingerprint density at radius 2 is 1.71 bits per heavy atom. The number of anilines is 1. The number of Topliss-reactive ketones (excluding diaryl/α,β-unsaturated/α-hetero) is 1. The van der Waals surface area contributed by atoms with Gasteiger partial charge in [-0.2, -0.15) is 0 Å². The molecule has 0 spiro atoms. The SMILES string of the molecule is CC(=O)C(/C=C\C=O)=C/N(C)c1ccccc1Cc1ccccc1. The second-order valence-electron chi connectivity index (χ2n) is 5.54. The van der Waals surface area contributed by atoms with Gasteiger partial charge in [-0.1, -0.05) is 48.5 Å². The van der Waals surface area contributed by atoms with Crippen LogP contribution >= 0.6 is 0 Å². The summed E-state index contributed by atoms with van der Waals surface area (Å²) in [7, 11) is 1.90. The van der Waals surface area contributed by atoms with Gasteiger partial charge in [0.1, 0.15) is 6.29 Å². The van der Waals surface area contributed by atoms with Crippen LogP contribution in [0.25, 0.3) is 0 Å². The third kappa shape index (κ3) is 4.78. The summed E-state index contributed by atoms with van der Waals surface area (Å²) < 4.78 is 0. The van der Waals surface area contributed by atoms with Crippen molar-refractivity contribution in [2.24, 2.45) is 0 Å². The van der Waals surface area contributed by atoms with Crippen molar-refractivity contribution in [3.05, 3.63) is 89.6 Å². The highest BCUT2D eigenvalue weighted by atomic mass is 16.1. The fourth-order valence-corrected chi connectivity index (χ4v) is 2.49. The molecule has 24 heavy (non-hydrogen) atoms. The monoisotopic (exact) mass is 319 g/mol. The summed E-state index contributed by atoms with van der Waals surface area (Å²) in [5.74, 6) is -0.0829. The van der Waals surface area contributed by atoms with Gasteiger partial charge in [-0.15, -0.1) is 0 Å². The van der Waals surface area contributed by atoms with Crippen LogP contribution in [0.5, 0.6) is 0 Å². The molecule has 0 aliphatic carbocycles. The van der Waals surface area contributed by atoms with Gasteiger partial charge in [-0.05, 0) is 42.7 Å². The Balaban J connectivity index is 2.32. The van der Waals surface area contributed by atoms with E-state index in [0.717, 1.165) is 12.1 Å². The summed E-state index contributed by atoms with van der Waals surface area (Å²) in [6, 6.07) is 18.3. The first-order chi connectivity index (χ1) is 11.6. The fourth-order valence-electron chi connectivity index (χ4n) is 2.49. The number of allylic oxidation sites excluding steroid dienone is 3. The van der Waals surface area contributed by atoms with E-state index in [4.69, 9.17) is 0 Å². The molecular weight excluding hydrogens is 298 g/mol. The van der Waals surface area contributed by atoms with Crippen molar-refractivity contribution < 1.29 is 9.59 Å². The van der Waals surface area contributed by atoms with Crippen LogP contribution in [-0.2, 0) is 16.0 Å². The second kappa shape index (κ2) is 8.63. The Labute approximate surface area is 142 Å². The highest BCUT2D eigenvalue weighted by Crippen LogP contribution is 2.23. The van der Waals surface area contributed by atoms with Gasteiger partial charge in [0.2, 0.25) is 0 Å². The first kappa shape index (κ1) is 17.4. The van der Waals surface area contributed by atoms with Crippen molar-refractivity contribution in [2.45, 2.75) is 13.3 Å². The molecule has 0 saturated carbocycles. The molecule has 0 amide bonds. The minimum absolute atomic E-state index is 0.0829. The molecule has 0 aliphatic rings. The molecule has 0 bridgehead atoms. The summed E-state index contributed by atoms with van der Waals surface area (Å²) >= 11 is 0. The number of carbonyl (C=O) groups excluding carboxylic acids is 2. The number of hydrogen-bond donors (Lipinski definition) is 0. The molecule has 2 aromatic rings. The predicted molar refractivity (Wildman–Crippen MR) is 98.1 cm³/mol. The van der Waals surface area contributed by atoms with Crippen LogP contribution < -0.4 is 4.90 Å². The molecule has 2 rings (SSSR count). The Bertz CT molecular complexity index is 760. The van der Waals surface area contributed by atoms with E-state index in [-0.39, 0.29) is 5.78 Å². The van der Waals surface area contributed by atoms with Crippen LogP contribution in [0.3, 0.4) is 0 Å². The molecule has 0 N–H and O–H groups in total. The van der Waals surface area contributed by atoms with Crippen LogP contribution in [0, 0.1) is 0 Å². The maximum atomic E-state index is 11.7. The largest absolute Gasteiger partial charge is 0.350 e. The van der Waals surface area contributed by atoms with E-state index in [1.807, 2.05) is 48.3 Å². The number of aldehydes is 1. The topological polar surface area (TPSA) is 37.4 Å². The van der Waals surface area contributed by atoms with Crippen LogP contribution in [0.15, 0.2) is 78.5 Å². The molecule has 3 heteroatoms. The lowest BCUT2D eigenvalue weighted by molar-refractivity contribution is -0.113. The lowest BCUT2D eigenvalue weighted by atomic mass is 10.0. The van der Waals surface area contributed by atoms with Crippen LogP contribution in [0.4, 0.5) is 5.69 Å². The molecule has 0 radical (unpaired) electrons. The maximum Gasteiger partial charge on any atom is 0.161 e. The van der Waals surface area contributed by atoms with Crippen molar-refractivity contribution in [1.29, 1.82) is 0 Å². The summed E-state index contributed by atoms with van der Waals surface area (Å²) in [5, 5.41) is 0. The van der Waals surface area contributed by atoms with E-state index in [2.05, 4.69) is 18.2 Å². The van der Waals surface area contributed by atoms with Crippen molar-refractivity contribution >= 4 is 17.8 Å². The lowest BCUT2D eigenvalue weighted by Gasteiger charge is -2.19. The average molecular weight is 319 g/mol. The molecule has 3 nitrogen and oxygen atoms in total. The predicted octanol–water partition coefficient (Wildman–Crippen LogP) is 3.94. The Morgan fingerprint density at radius 1 is 1.04 bits per heavy atom. The zero-order valence-corrected chi connectivity index (χ0v) is 14.0. The smallest absolute Gasteiger partial charge is 0.161 e. The van der Waals surface area contributed by atoms with E-state index >= 15 is 0 Å². The fraction of sp³-hybridized carbons (Fsp3) is 0.143. The zero-order chi connectivity index (χ0) is 17.4. The number of hydrogen-bond acceptors (Lipinski definition) is 3. The molecule has 0 unspecified atom stereocenters. The average Bonchev–Trinajstić information content (AvgIpc) is 2.59. The normalized spacial score (nSPS) is 11.5. The minimum Gasteiger partial charge on any atom is -0.350 e. The van der Waals surface area contributed by atoms with Crippen molar-refractivity contribution in [1.82, 2.24) is 0 Å². The zero-order valence-electron chi connectivity index (χ0n) is 14.0. The number of benzene rings is 2. The molecule has 122 valence electrons. The number of para-hydroxylation sites is 1. The molecule has 0 saturated heterocycles. The molecule has 0 fully saturated rings. The van der Waals surface area contributed by atoms with Gasteiger partial charge >= 0.3 is 0 Å². The van der Waals surface area contributed by atoms with Gasteiger partial charge < -0.3 is 4.90 Å². The standard InChI is InChI=1S/C21H21NO2/c1-17(24)20(12-8-14-23)16-22(2)21-13-7-6-11-19(21)15-18-9-4-3-5-10-18/h3-14,16H,15H2,1-2H3/b12-8-,20-16+. The molecular formula is C21H21NO2. The highest BCUT2D eigenvalue weighted by molar-refractivity contribution is 5.97. The van der Waals surface area contributed by atoms with E-state index in [1.54, 1.807) is 6.20 Å². The summed E-state index contributed by atoms with van der Waals surface area (Å²) in [6.07, 6.45) is 6.10. The molecule has 2 aromatic carbocycles. The molecule has 0 atom stereocenters. The van der Waals surface area contributed by atoms with Crippen LogP contribution in [0.1, 0.15) is 18.1 Å². The number of carbonyl (C=O) groups is 2. The number of rotatable bonds is 7. The van der Waals surface area contributed by atoms with E-state index in [1.165, 1.54) is 30.2 Å². The van der Waals surface area contributed by atoms with Gasteiger partial charge in [0.15, 0.2) is 5.78 Å². The lowest BCUT2D eigenvalue weighted by Crippen LogP contribution is -2.13. The second-order valence-corrected chi connectivity index (χ2v) is 5.54. The Kier molecular flexibility index (Phi) is 6.26. The van der Waals surface area contributed by atoms with Gasteiger partial charge in [0.05, 0.1) is 0 Å². The van der Waals surface area contributed by atoms with Crippen LogP contribution in [-0.4, -0.2) is 19.1 Å². The van der Waals surface area contributed by atoms with Gasteiger partial charge in [0.25, 0.3) is 0 Å². The van der Waals surface area contributed by atoms with Crippen molar-refractivity contribution in [2.75, 3.05) is 11.9 Å². The summed E-state index contributed by atoms with van der Waals surface area (Å²) in [4.78, 5) is 24.2. The van der Waals surface area contributed by atoms with Gasteiger partial charge in [0, 0.05) is 24.5 Å². The van der Waals surface area contributed by atoms with E-state index in [9.17, 15) is 9.59 Å². The molecule has 0 heterocycles. The maximum absolute atomic E-state index is 11.7. The Morgan fingerprint density at radius 3 is 2.38 bits per heavy atom. The van der Waals surface area contributed by atoms with Gasteiger partial charge in [-0.3, -0.25) is 9.59 Å². The molecule has 0 aliphatic heterocycles. The first-order valence-corrected chi connectivity index (χ1v) is 7.81. The first-order valence-electron chi connectivity index (χ1n) is 7.81. The Hall–Kier alpha value is -2.94. The number of nitrogens with zero attached hydrogens (tertiary/aromatic N) is 1. The highest BCUT2D eigenvalue weighted by Gasteiger charge is 2.08. The third-order valence-electron chi connectivity index (χ3n) is 3.70. The summed E-state index contributed by atoms with van der Waals surface area (Å²) in [5.41, 5.74) is 3.92. The van der Waals surface area contributed by atoms with E-state index in [0.29, 0.717) is 11.9 Å². The summed E-state index contributed by atoms with van der Waals surface area (Å²) in [6.45, 7) is 1.49. The minimum atomic E-state index is -0.0829. The van der Waals surface area contributed by atoms with Gasteiger partial charge in [-0.25, -0.2) is 0 Å². The third-order valence-corrected chi connectivity index (χ3v) is 3.70. The molecule has 0 aromatic heterocycles. The van der Waals surface area contributed by atoms with Crippen molar-refractivity contribution in [3.8, 4) is 0 Å². The van der Waals surface area contributed by atoms with Crippen molar-refractivity contribution in [3.63, 3.8) is 0 Å². The van der Waals surface area contributed by atoms with E-state index < -0.39 is 0 Å². The number of ketones is 1. The van der Waals surface area contributed by atoms with Crippen LogP contribution in [0.2, 0.25) is 0 Å². The quantitative estimate of drug-likeness (QED) is 0.441.